The second-order valence-electron chi connectivity index (χ2n) is 9.63. The van der Waals surface area contributed by atoms with E-state index in [0.29, 0.717) is 47.2 Å². The van der Waals surface area contributed by atoms with E-state index in [-0.39, 0.29) is 23.9 Å². The predicted molar refractivity (Wildman–Crippen MR) is 159 cm³/mol. The van der Waals surface area contributed by atoms with Crippen LogP contribution in [0.15, 0.2) is 78.2 Å². The van der Waals surface area contributed by atoms with Crippen molar-refractivity contribution in [3.63, 3.8) is 0 Å². The molecule has 210 valence electrons. The van der Waals surface area contributed by atoms with E-state index in [1.165, 1.54) is 12.1 Å². The number of carbonyl (C=O) groups excluding carboxylic acids is 2. The van der Waals surface area contributed by atoms with Crippen molar-refractivity contribution < 1.29 is 14.3 Å². The minimum atomic E-state index is -0.313. The summed E-state index contributed by atoms with van der Waals surface area (Å²) >= 11 is 0. The van der Waals surface area contributed by atoms with Crippen LogP contribution in [0.3, 0.4) is 0 Å². The summed E-state index contributed by atoms with van der Waals surface area (Å²) in [5.74, 6) is 0.703. The van der Waals surface area contributed by atoms with Gasteiger partial charge in [0.25, 0.3) is 5.56 Å². The van der Waals surface area contributed by atoms with Crippen molar-refractivity contribution in [2.45, 2.75) is 13.5 Å². The van der Waals surface area contributed by atoms with Crippen LogP contribution >= 0.6 is 0 Å². The summed E-state index contributed by atoms with van der Waals surface area (Å²) in [6.07, 6.45) is 2.86. The number of aromatic nitrogens is 3. The van der Waals surface area contributed by atoms with E-state index in [0.717, 1.165) is 24.3 Å². The van der Waals surface area contributed by atoms with Gasteiger partial charge >= 0.3 is 0 Å². The number of benzene rings is 2. The molecule has 11 nitrogen and oxygen atoms in total. The molecule has 1 aliphatic heterocycles. The lowest BCUT2D eigenvalue weighted by Crippen LogP contribution is -2.48. The highest BCUT2D eigenvalue weighted by Gasteiger charge is 2.20. The first-order valence-electron chi connectivity index (χ1n) is 13.2. The number of nitrogens with zero attached hydrogens (tertiary/aromatic N) is 5. The van der Waals surface area contributed by atoms with Crippen LogP contribution in [0.5, 0.6) is 5.75 Å². The standard InChI is InChI=1S/C30H31N7O4/c1-4-27(39)32-23-7-5-6-21(16-23)19-37-28(40)11-8-22-18-31-30(34-29(22)37)33-25-10-9-24(17-26(25)41-3)36-14-12-35(13-15-36)20(2)38/h4-11,16-18H,1,12-15,19H2,2-3H3,(H,32,39)(H,31,33,34). The fourth-order valence-electron chi connectivity index (χ4n) is 4.79. The second kappa shape index (κ2) is 11.9. The molecule has 4 aromatic rings. The minimum Gasteiger partial charge on any atom is -0.494 e. The summed E-state index contributed by atoms with van der Waals surface area (Å²) in [6, 6.07) is 16.3. The SMILES string of the molecule is C=CC(=O)Nc1cccc(Cn2c(=O)ccc3cnc(Nc4ccc(N5CCN(C(C)=O)CC5)cc4OC)nc32)c1. The molecule has 2 aromatic heterocycles. The predicted octanol–water partition coefficient (Wildman–Crippen LogP) is 3.39. The van der Waals surface area contributed by atoms with Gasteiger partial charge in [0.15, 0.2) is 0 Å². The number of nitrogens with one attached hydrogen (secondary N) is 2. The number of hydrogen-bond acceptors (Lipinski definition) is 8. The maximum Gasteiger partial charge on any atom is 0.252 e. The van der Waals surface area contributed by atoms with Gasteiger partial charge in [-0.25, -0.2) is 4.98 Å². The number of pyridine rings is 1. The molecule has 3 heterocycles. The normalized spacial score (nSPS) is 13.1. The molecule has 1 fully saturated rings. The van der Waals surface area contributed by atoms with Crippen LogP contribution in [0.1, 0.15) is 12.5 Å². The van der Waals surface area contributed by atoms with E-state index < -0.39 is 0 Å². The van der Waals surface area contributed by atoms with Crippen LogP contribution in [0.2, 0.25) is 0 Å². The number of hydrogen-bond donors (Lipinski definition) is 2. The zero-order valence-electron chi connectivity index (χ0n) is 23.0. The van der Waals surface area contributed by atoms with E-state index in [9.17, 15) is 14.4 Å². The second-order valence-corrected chi connectivity index (χ2v) is 9.63. The van der Waals surface area contributed by atoms with Gasteiger partial charge in [0.2, 0.25) is 17.8 Å². The highest BCUT2D eigenvalue weighted by Crippen LogP contribution is 2.32. The molecule has 41 heavy (non-hydrogen) atoms. The van der Waals surface area contributed by atoms with Crippen molar-refractivity contribution in [3.05, 3.63) is 89.4 Å². The Morgan fingerprint density at radius 2 is 1.88 bits per heavy atom. The number of anilines is 4. The van der Waals surface area contributed by atoms with E-state index in [4.69, 9.17) is 4.74 Å². The molecule has 1 aliphatic rings. The van der Waals surface area contributed by atoms with Crippen molar-refractivity contribution in [2.75, 3.05) is 48.8 Å². The molecular weight excluding hydrogens is 522 g/mol. The van der Waals surface area contributed by atoms with Crippen molar-refractivity contribution in [1.29, 1.82) is 0 Å². The molecule has 2 amide bonds. The first-order valence-corrected chi connectivity index (χ1v) is 13.2. The Bertz CT molecular complexity index is 1680. The fraction of sp³-hybridized carbons (Fsp3) is 0.233. The van der Waals surface area contributed by atoms with Crippen molar-refractivity contribution in [2.24, 2.45) is 0 Å². The number of fused-ring (bicyclic) bond motifs is 1. The number of piperazine rings is 1. The first kappa shape index (κ1) is 27.4. The lowest BCUT2D eigenvalue weighted by molar-refractivity contribution is -0.129. The van der Waals surface area contributed by atoms with Crippen LogP contribution in [0.25, 0.3) is 11.0 Å². The summed E-state index contributed by atoms with van der Waals surface area (Å²) < 4.78 is 7.23. The van der Waals surface area contributed by atoms with Gasteiger partial charge in [0.05, 0.1) is 19.3 Å². The average molecular weight is 554 g/mol. The van der Waals surface area contributed by atoms with Crippen LogP contribution < -0.4 is 25.8 Å². The topological polar surface area (TPSA) is 122 Å². The molecule has 2 aromatic carbocycles. The number of carbonyl (C=O) groups is 2. The first-order chi connectivity index (χ1) is 19.8. The number of amides is 2. The Balaban J connectivity index is 1.39. The zero-order valence-corrected chi connectivity index (χ0v) is 23.0. The Morgan fingerprint density at radius 3 is 2.61 bits per heavy atom. The van der Waals surface area contributed by atoms with Crippen molar-refractivity contribution >= 4 is 45.9 Å². The Labute approximate surface area is 237 Å². The van der Waals surface area contributed by atoms with Crippen molar-refractivity contribution in [1.82, 2.24) is 19.4 Å². The minimum absolute atomic E-state index is 0.0908. The fourth-order valence-corrected chi connectivity index (χ4v) is 4.79. The summed E-state index contributed by atoms with van der Waals surface area (Å²) in [7, 11) is 1.60. The smallest absolute Gasteiger partial charge is 0.252 e. The lowest BCUT2D eigenvalue weighted by atomic mass is 10.2. The Kier molecular flexibility index (Phi) is 7.95. The third kappa shape index (κ3) is 6.19. The highest BCUT2D eigenvalue weighted by atomic mass is 16.5. The van der Waals surface area contributed by atoms with E-state index in [1.807, 2.05) is 35.2 Å². The van der Waals surface area contributed by atoms with Gasteiger partial charge in [-0.05, 0) is 42.0 Å². The molecule has 0 spiro atoms. The molecule has 0 unspecified atom stereocenters. The van der Waals surface area contributed by atoms with Gasteiger partial charge in [-0.1, -0.05) is 18.7 Å². The van der Waals surface area contributed by atoms with E-state index in [2.05, 4.69) is 32.1 Å². The summed E-state index contributed by atoms with van der Waals surface area (Å²) in [5.41, 5.74) is 3.35. The molecule has 1 saturated heterocycles. The molecule has 0 atom stereocenters. The highest BCUT2D eigenvalue weighted by molar-refractivity contribution is 5.98. The van der Waals surface area contributed by atoms with Gasteiger partial charge in [0.1, 0.15) is 11.4 Å². The largest absolute Gasteiger partial charge is 0.494 e. The van der Waals surface area contributed by atoms with Crippen LogP contribution in [-0.4, -0.2) is 64.5 Å². The van der Waals surface area contributed by atoms with Crippen LogP contribution in [0.4, 0.5) is 23.0 Å². The number of methoxy groups -OCH3 is 1. The molecule has 0 saturated carbocycles. The van der Waals surface area contributed by atoms with E-state index >= 15 is 0 Å². The summed E-state index contributed by atoms with van der Waals surface area (Å²) in [4.78, 5) is 49.5. The summed E-state index contributed by atoms with van der Waals surface area (Å²) in [5, 5.41) is 6.67. The molecule has 0 radical (unpaired) electrons. The van der Waals surface area contributed by atoms with Crippen LogP contribution in [0, 0.1) is 0 Å². The van der Waals surface area contributed by atoms with Gasteiger partial charge in [-0.15, -0.1) is 0 Å². The molecule has 11 heteroatoms. The third-order valence-corrected chi connectivity index (χ3v) is 6.97. The Morgan fingerprint density at radius 1 is 1.07 bits per heavy atom. The van der Waals surface area contributed by atoms with Gasteiger partial charge in [0, 0.05) is 68.2 Å². The maximum absolute atomic E-state index is 12.9. The Hall–Kier alpha value is -5.19. The van der Waals surface area contributed by atoms with Gasteiger partial charge < -0.3 is 25.2 Å². The molecule has 5 rings (SSSR count). The molecule has 0 bridgehead atoms. The number of rotatable bonds is 8. The molecule has 0 aliphatic carbocycles. The molecule has 2 N–H and O–H groups in total. The monoisotopic (exact) mass is 553 g/mol. The van der Waals surface area contributed by atoms with Gasteiger partial charge in [-0.3, -0.25) is 19.0 Å². The molecular formula is C30H31N7O4. The van der Waals surface area contributed by atoms with Crippen LogP contribution in [-0.2, 0) is 16.1 Å². The lowest BCUT2D eigenvalue weighted by Gasteiger charge is -2.35. The van der Waals surface area contributed by atoms with Crippen molar-refractivity contribution in [3.8, 4) is 5.75 Å². The average Bonchev–Trinajstić information content (AvgIpc) is 2.99. The maximum atomic E-state index is 12.9. The quantitative estimate of drug-likeness (QED) is 0.319. The summed E-state index contributed by atoms with van der Waals surface area (Å²) in [6.45, 7) is 8.16. The number of ether oxygens (including phenoxy) is 1. The van der Waals surface area contributed by atoms with Gasteiger partial charge in [-0.2, -0.15) is 4.98 Å². The van der Waals surface area contributed by atoms with E-state index in [1.54, 1.807) is 43.0 Å². The zero-order chi connectivity index (χ0) is 28.9. The third-order valence-electron chi connectivity index (χ3n) is 6.97.